The Hall–Kier alpha value is -0.610. The molecule has 0 unspecified atom stereocenters. The van der Waals surface area contributed by atoms with Crippen molar-refractivity contribution < 1.29 is 4.79 Å². The normalized spacial score (nSPS) is 16.5. The highest BCUT2D eigenvalue weighted by atomic mass is 16.2. The number of carbonyl (C=O) groups is 1. The van der Waals surface area contributed by atoms with Crippen LogP contribution in [-0.2, 0) is 4.79 Å². The average Bonchev–Trinajstić information content (AvgIpc) is 2.44. The van der Waals surface area contributed by atoms with E-state index in [-0.39, 0.29) is 0 Å². The Bertz CT molecular complexity index is 234. The van der Waals surface area contributed by atoms with Crippen LogP contribution >= 0.6 is 0 Å². The van der Waals surface area contributed by atoms with Crippen molar-refractivity contribution in [3.63, 3.8) is 0 Å². The summed E-state index contributed by atoms with van der Waals surface area (Å²) in [6.45, 7) is 9.31. The van der Waals surface area contributed by atoms with E-state index in [0.717, 1.165) is 52.0 Å². The fourth-order valence-electron chi connectivity index (χ4n) is 2.63. The van der Waals surface area contributed by atoms with Crippen LogP contribution in [-0.4, -0.2) is 49.6 Å². The van der Waals surface area contributed by atoms with Crippen LogP contribution in [0.1, 0.15) is 52.4 Å². The number of nitrogens with zero attached hydrogens (tertiary/aromatic N) is 1. The van der Waals surface area contributed by atoms with Gasteiger partial charge < -0.3 is 15.5 Å². The zero-order valence-corrected chi connectivity index (χ0v) is 12.7. The number of nitrogens with one attached hydrogen (secondary N) is 2. The van der Waals surface area contributed by atoms with E-state index in [1.165, 1.54) is 12.8 Å². The summed E-state index contributed by atoms with van der Waals surface area (Å²) in [6.07, 6.45) is 6.19. The summed E-state index contributed by atoms with van der Waals surface area (Å²) in [4.78, 5) is 14.1. The van der Waals surface area contributed by atoms with Crippen LogP contribution in [0.5, 0.6) is 0 Å². The molecule has 0 aromatic rings. The van der Waals surface area contributed by atoms with Gasteiger partial charge in [0.05, 0.1) is 0 Å². The molecular formula is C15H31N3O. The van der Waals surface area contributed by atoms with Gasteiger partial charge in [0.25, 0.3) is 0 Å². The summed E-state index contributed by atoms with van der Waals surface area (Å²) in [5.41, 5.74) is 0. The van der Waals surface area contributed by atoms with Gasteiger partial charge in [-0.25, -0.2) is 0 Å². The molecule has 1 aliphatic heterocycles. The molecule has 4 nitrogen and oxygen atoms in total. The highest BCUT2D eigenvalue weighted by Crippen LogP contribution is 2.04. The second-order valence-electron chi connectivity index (χ2n) is 5.46. The highest BCUT2D eigenvalue weighted by Gasteiger charge is 2.13. The molecule has 1 saturated heterocycles. The maximum Gasteiger partial charge on any atom is 0.222 e. The number of piperidine rings is 1. The van der Waals surface area contributed by atoms with Crippen LogP contribution in [0.2, 0.25) is 0 Å². The molecule has 1 aliphatic rings. The molecule has 0 aliphatic carbocycles. The lowest BCUT2D eigenvalue weighted by molar-refractivity contribution is -0.131. The number of amides is 1. The standard InChI is InChI=1S/C15H31N3O/c1-3-12-18(13-4-2)15(19)6-5-9-17-14-7-10-16-11-8-14/h14,16-17H,3-13H2,1-2H3. The van der Waals surface area contributed by atoms with Gasteiger partial charge in [0.2, 0.25) is 5.91 Å². The van der Waals surface area contributed by atoms with Crippen molar-refractivity contribution in [2.45, 2.75) is 58.4 Å². The minimum absolute atomic E-state index is 0.329. The lowest BCUT2D eigenvalue weighted by Gasteiger charge is -2.24. The fraction of sp³-hybridized carbons (Fsp3) is 0.933. The summed E-state index contributed by atoms with van der Waals surface area (Å²) < 4.78 is 0. The van der Waals surface area contributed by atoms with Crippen molar-refractivity contribution in [3.05, 3.63) is 0 Å². The molecule has 0 radical (unpaired) electrons. The maximum absolute atomic E-state index is 12.1. The summed E-state index contributed by atoms with van der Waals surface area (Å²) in [7, 11) is 0. The molecule has 0 bridgehead atoms. The van der Waals surface area contributed by atoms with Crippen LogP contribution in [0.25, 0.3) is 0 Å². The Balaban J connectivity index is 2.10. The summed E-state index contributed by atoms with van der Waals surface area (Å²) in [5, 5.41) is 6.93. The van der Waals surface area contributed by atoms with Gasteiger partial charge in [-0.3, -0.25) is 4.79 Å². The van der Waals surface area contributed by atoms with Gasteiger partial charge in [-0.05, 0) is 51.7 Å². The predicted octanol–water partition coefficient (Wildman–Crippen LogP) is 1.76. The first-order valence-electron chi connectivity index (χ1n) is 7.99. The topological polar surface area (TPSA) is 44.4 Å². The Kier molecular flexibility index (Phi) is 8.84. The molecule has 1 fully saturated rings. The first-order chi connectivity index (χ1) is 9.27. The molecule has 0 saturated carbocycles. The molecule has 19 heavy (non-hydrogen) atoms. The largest absolute Gasteiger partial charge is 0.343 e. The molecular weight excluding hydrogens is 238 g/mol. The monoisotopic (exact) mass is 269 g/mol. The van der Waals surface area contributed by atoms with E-state index in [1.807, 2.05) is 4.90 Å². The van der Waals surface area contributed by atoms with Gasteiger partial charge in [0.15, 0.2) is 0 Å². The lowest BCUT2D eigenvalue weighted by atomic mass is 10.1. The molecule has 1 heterocycles. The first-order valence-corrected chi connectivity index (χ1v) is 7.99. The van der Waals surface area contributed by atoms with Crippen molar-refractivity contribution in [1.82, 2.24) is 15.5 Å². The molecule has 4 heteroatoms. The van der Waals surface area contributed by atoms with Crippen molar-refractivity contribution in [2.24, 2.45) is 0 Å². The van der Waals surface area contributed by atoms with Crippen LogP contribution < -0.4 is 10.6 Å². The summed E-state index contributed by atoms with van der Waals surface area (Å²) in [5.74, 6) is 0.329. The van der Waals surface area contributed by atoms with Crippen molar-refractivity contribution in [1.29, 1.82) is 0 Å². The third-order valence-electron chi connectivity index (χ3n) is 3.68. The molecule has 0 atom stereocenters. The zero-order valence-electron chi connectivity index (χ0n) is 12.7. The minimum Gasteiger partial charge on any atom is -0.343 e. The summed E-state index contributed by atoms with van der Waals surface area (Å²) in [6, 6.07) is 0.652. The van der Waals surface area contributed by atoms with Gasteiger partial charge in [0, 0.05) is 25.6 Å². The number of carbonyl (C=O) groups excluding carboxylic acids is 1. The Morgan fingerprint density at radius 2 is 1.84 bits per heavy atom. The highest BCUT2D eigenvalue weighted by molar-refractivity contribution is 5.76. The van der Waals surface area contributed by atoms with E-state index in [1.54, 1.807) is 0 Å². The smallest absolute Gasteiger partial charge is 0.222 e. The van der Waals surface area contributed by atoms with Gasteiger partial charge in [-0.2, -0.15) is 0 Å². The lowest BCUT2D eigenvalue weighted by Crippen LogP contribution is -2.40. The minimum atomic E-state index is 0.329. The quantitative estimate of drug-likeness (QED) is 0.627. The first kappa shape index (κ1) is 16.4. The Morgan fingerprint density at radius 1 is 1.21 bits per heavy atom. The predicted molar refractivity (Wildman–Crippen MR) is 80.3 cm³/mol. The van der Waals surface area contributed by atoms with Crippen molar-refractivity contribution in [3.8, 4) is 0 Å². The van der Waals surface area contributed by atoms with Gasteiger partial charge in [-0.15, -0.1) is 0 Å². The van der Waals surface area contributed by atoms with Crippen molar-refractivity contribution >= 4 is 5.91 Å². The molecule has 1 amide bonds. The second-order valence-corrected chi connectivity index (χ2v) is 5.46. The Morgan fingerprint density at radius 3 is 2.42 bits per heavy atom. The van der Waals surface area contributed by atoms with E-state index in [4.69, 9.17) is 0 Å². The van der Waals surface area contributed by atoms with Gasteiger partial charge in [0.1, 0.15) is 0 Å². The molecule has 0 aromatic heterocycles. The zero-order chi connectivity index (χ0) is 13.9. The van der Waals surface area contributed by atoms with Crippen LogP contribution in [0, 0.1) is 0 Å². The average molecular weight is 269 g/mol. The second kappa shape index (κ2) is 10.2. The van der Waals surface area contributed by atoms with Gasteiger partial charge >= 0.3 is 0 Å². The van der Waals surface area contributed by atoms with Crippen LogP contribution in [0.3, 0.4) is 0 Å². The summed E-state index contributed by atoms with van der Waals surface area (Å²) >= 11 is 0. The number of hydrogen-bond acceptors (Lipinski definition) is 3. The maximum atomic E-state index is 12.1. The van der Waals surface area contributed by atoms with Crippen LogP contribution in [0.15, 0.2) is 0 Å². The molecule has 0 aromatic carbocycles. The van der Waals surface area contributed by atoms with E-state index in [9.17, 15) is 4.79 Å². The SMILES string of the molecule is CCCN(CCC)C(=O)CCCNC1CCNCC1. The van der Waals surface area contributed by atoms with E-state index in [2.05, 4.69) is 24.5 Å². The van der Waals surface area contributed by atoms with E-state index in [0.29, 0.717) is 18.4 Å². The third-order valence-corrected chi connectivity index (χ3v) is 3.68. The molecule has 0 spiro atoms. The van der Waals surface area contributed by atoms with Crippen molar-refractivity contribution in [2.75, 3.05) is 32.7 Å². The Labute approximate surface area is 118 Å². The molecule has 2 N–H and O–H groups in total. The number of hydrogen-bond donors (Lipinski definition) is 2. The number of rotatable bonds is 9. The van der Waals surface area contributed by atoms with E-state index >= 15 is 0 Å². The third kappa shape index (κ3) is 6.92. The van der Waals surface area contributed by atoms with Crippen LogP contribution in [0.4, 0.5) is 0 Å². The molecule has 112 valence electrons. The fourth-order valence-corrected chi connectivity index (χ4v) is 2.63. The van der Waals surface area contributed by atoms with Gasteiger partial charge in [-0.1, -0.05) is 13.8 Å². The van der Waals surface area contributed by atoms with E-state index < -0.39 is 0 Å². The molecule has 1 rings (SSSR count).